The lowest BCUT2D eigenvalue weighted by molar-refractivity contribution is -0.166. The maximum atomic E-state index is 12.0. The first-order valence-electron chi connectivity index (χ1n) is 6.69. The molecule has 3 unspecified atom stereocenters. The van der Waals surface area contributed by atoms with Crippen LogP contribution in [0.4, 0.5) is 0 Å². The van der Waals surface area contributed by atoms with Gasteiger partial charge in [0, 0.05) is 10.8 Å². The van der Waals surface area contributed by atoms with Crippen molar-refractivity contribution in [3.8, 4) is 0 Å². The maximum Gasteiger partial charge on any atom is 0.323 e. The Kier molecular flexibility index (Phi) is 3.01. The van der Waals surface area contributed by atoms with Gasteiger partial charge in [-0.1, -0.05) is 20.8 Å². The minimum Gasteiger partial charge on any atom is -0.460 e. The Morgan fingerprint density at radius 2 is 2.06 bits per heavy atom. The Morgan fingerprint density at radius 3 is 2.53 bits per heavy atom. The number of carbonyl (C=O) groups excluding carboxylic acids is 1. The number of esters is 1. The molecule has 3 heteroatoms. The number of ether oxygens (including phenoxy) is 1. The van der Waals surface area contributed by atoms with Crippen LogP contribution in [-0.4, -0.2) is 25.2 Å². The highest BCUT2D eigenvalue weighted by Gasteiger charge is 2.61. The second-order valence-electron chi connectivity index (χ2n) is 6.74. The minimum absolute atomic E-state index is 0.0806. The highest BCUT2D eigenvalue weighted by atomic mass is 16.5. The van der Waals surface area contributed by atoms with E-state index in [1.165, 1.54) is 19.3 Å². The zero-order chi connectivity index (χ0) is 12.8. The van der Waals surface area contributed by atoms with Gasteiger partial charge in [-0.2, -0.15) is 0 Å². The van der Waals surface area contributed by atoms with Crippen LogP contribution in [0, 0.1) is 16.7 Å². The van der Waals surface area contributed by atoms with Crippen molar-refractivity contribution in [3.05, 3.63) is 0 Å². The van der Waals surface area contributed by atoms with Gasteiger partial charge < -0.3 is 10.1 Å². The maximum absolute atomic E-state index is 12.0. The van der Waals surface area contributed by atoms with Crippen molar-refractivity contribution in [1.82, 2.24) is 5.32 Å². The Bertz CT molecular complexity index is 321. The predicted octanol–water partition coefficient (Wildman–Crippen LogP) is 2.35. The van der Waals surface area contributed by atoms with Gasteiger partial charge in [0.2, 0.25) is 0 Å². The van der Waals surface area contributed by atoms with Gasteiger partial charge >= 0.3 is 5.97 Å². The van der Waals surface area contributed by atoms with E-state index in [-0.39, 0.29) is 28.9 Å². The molecule has 3 nitrogen and oxygen atoms in total. The lowest BCUT2D eigenvalue weighted by Crippen LogP contribution is -2.46. The summed E-state index contributed by atoms with van der Waals surface area (Å²) in [6.07, 6.45) is 3.79. The molecule has 2 aliphatic rings. The van der Waals surface area contributed by atoms with Crippen LogP contribution >= 0.6 is 0 Å². The quantitative estimate of drug-likeness (QED) is 0.768. The molecule has 0 aromatic rings. The first-order valence-corrected chi connectivity index (χ1v) is 6.69. The van der Waals surface area contributed by atoms with Crippen LogP contribution in [-0.2, 0) is 9.53 Å². The fourth-order valence-electron chi connectivity index (χ4n) is 3.89. The van der Waals surface area contributed by atoms with E-state index in [1.54, 1.807) is 7.05 Å². The van der Waals surface area contributed by atoms with Crippen LogP contribution < -0.4 is 5.32 Å². The number of likely N-dealkylation sites (N-methyl/N-ethyl adjacent to an activating group) is 1. The highest BCUT2D eigenvalue weighted by molar-refractivity contribution is 5.75. The zero-order valence-electron chi connectivity index (χ0n) is 11.7. The Hall–Kier alpha value is -0.570. The first-order chi connectivity index (χ1) is 7.81. The molecule has 0 spiro atoms. The lowest BCUT2D eigenvalue weighted by atomic mass is 9.70. The molecule has 2 saturated carbocycles. The molecule has 0 aliphatic heterocycles. The van der Waals surface area contributed by atoms with Crippen molar-refractivity contribution in [2.24, 2.45) is 16.7 Å². The summed E-state index contributed by atoms with van der Waals surface area (Å²) < 4.78 is 5.81. The summed E-state index contributed by atoms with van der Waals surface area (Å²) >= 11 is 0. The van der Waals surface area contributed by atoms with E-state index in [0.717, 1.165) is 5.92 Å². The number of fused-ring (bicyclic) bond motifs is 2. The van der Waals surface area contributed by atoms with E-state index < -0.39 is 0 Å². The fourth-order valence-corrected chi connectivity index (χ4v) is 3.89. The molecule has 4 atom stereocenters. The van der Waals surface area contributed by atoms with Gasteiger partial charge in [-0.3, -0.25) is 4.79 Å². The summed E-state index contributed by atoms with van der Waals surface area (Å²) in [4.78, 5) is 12.0. The third-order valence-electron chi connectivity index (χ3n) is 5.16. The summed E-state index contributed by atoms with van der Waals surface area (Å²) in [5, 5.41) is 2.95. The third-order valence-corrected chi connectivity index (χ3v) is 5.16. The molecule has 2 fully saturated rings. The van der Waals surface area contributed by atoms with Crippen molar-refractivity contribution in [1.29, 1.82) is 0 Å². The topological polar surface area (TPSA) is 38.3 Å². The molecular formula is C14H25NO2. The monoisotopic (exact) mass is 239 g/mol. The number of rotatable bonds is 3. The fraction of sp³-hybridized carbons (Fsp3) is 0.929. The van der Waals surface area contributed by atoms with E-state index in [2.05, 4.69) is 26.1 Å². The van der Waals surface area contributed by atoms with Crippen molar-refractivity contribution >= 4 is 5.97 Å². The molecule has 0 aromatic carbocycles. The predicted molar refractivity (Wildman–Crippen MR) is 67.6 cm³/mol. The number of carbonyl (C=O) groups is 1. The third kappa shape index (κ3) is 1.88. The van der Waals surface area contributed by atoms with Crippen LogP contribution in [0.2, 0.25) is 0 Å². The van der Waals surface area contributed by atoms with Crippen LogP contribution in [0.25, 0.3) is 0 Å². The smallest absolute Gasteiger partial charge is 0.323 e. The number of hydrogen-bond donors (Lipinski definition) is 1. The summed E-state index contributed by atoms with van der Waals surface area (Å²) in [6, 6.07) is -0.214. The standard InChI is InChI=1S/C14H25NO2/c1-9(15-5)11(16)17-12-13(2,3)10-6-7-14(12,4)8-10/h9-10,12,15H,6-8H2,1-5H3/t9-,10?,12?,14?/m0/s1. The van der Waals surface area contributed by atoms with E-state index in [0.29, 0.717) is 0 Å². The molecule has 98 valence electrons. The second kappa shape index (κ2) is 3.98. The van der Waals surface area contributed by atoms with Gasteiger partial charge in [0.25, 0.3) is 0 Å². The number of nitrogens with one attached hydrogen (secondary N) is 1. The Morgan fingerprint density at radius 1 is 1.41 bits per heavy atom. The Balaban J connectivity index is 2.13. The normalized spacial score (nSPS) is 40.3. The van der Waals surface area contributed by atoms with E-state index in [1.807, 2.05) is 6.92 Å². The van der Waals surface area contributed by atoms with E-state index >= 15 is 0 Å². The summed E-state index contributed by atoms with van der Waals surface area (Å²) in [7, 11) is 1.79. The molecule has 0 aromatic heterocycles. The SMILES string of the molecule is CN[C@@H](C)C(=O)OC1C2(C)CCC(C2)C1(C)C. The lowest BCUT2D eigenvalue weighted by Gasteiger charge is -2.42. The summed E-state index contributed by atoms with van der Waals surface area (Å²) in [5.74, 6) is 0.606. The molecule has 0 amide bonds. The van der Waals surface area contributed by atoms with Gasteiger partial charge in [-0.25, -0.2) is 0 Å². The van der Waals surface area contributed by atoms with Crippen LogP contribution in [0.15, 0.2) is 0 Å². The van der Waals surface area contributed by atoms with Crippen molar-refractivity contribution < 1.29 is 9.53 Å². The van der Waals surface area contributed by atoms with Gasteiger partial charge in [0.15, 0.2) is 0 Å². The minimum atomic E-state index is -0.214. The van der Waals surface area contributed by atoms with Crippen molar-refractivity contribution in [2.45, 2.75) is 59.1 Å². The summed E-state index contributed by atoms with van der Waals surface area (Å²) in [6.45, 7) is 8.64. The zero-order valence-corrected chi connectivity index (χ0v) is 11.7. The number of hydrogen-bond acceptors (Lipinski definition) is 3. The molecule has 2 rings (SSSR count). The van der Waals surface area contributed by atoms with Gasteiger partial charge in [0.1, 0.15) is 12.1 Å². The van der Waals surface area contributed by atoms with Crippen LogP contribution in [0.1, 0.15) is 47.0 Å². The van der Waals surface area contributed by atoms with E-state index in [9.17, 15) is 4.79 Å². The average molecular weight is 239 g/mol. The highest BCUT2D eigenvalue weighted by Crippen LogP contribution is 2.63. The van der Waals surface area contributed by atoms with E-state index in [4.69, 9.17) is 4.74 Å². The van der Waals surface area contributed by atoms with Crippen molar-refractivity contribution in [3.63, 3.8) is 0 Å². The van der Waals surface area contributed by atoms with Crippen molar-refractivity contribution in [2.75, 3.05) is 7.05 Å². The molecule has 0 saturated heterocycles. The van der Waals surface area contributed by atoms with Gasteiger partial charge in [0.05, 0.1) is 0 Å². The molecular weight excluding hydrogens is 214 g/mol. The second-order valence-corrected chi connectivity index (χ2v) is 6.74. The molecule has 0 heterocycles. The van der Waals surface area contributed by atoms with Gasteiger partial charge in [-0.05, 0) is 39.2 Å². The molecule has 1 N–H and O–H groups in total. The Labute approximate surface area is 104 Å². The molecule has 0 radical (unpaired) electrons. The summed E-state index contributed by atoms with van der Waals surface area (Å²) in [5.41, 5.74) is 0.341. The first kappa shape index (κ1) is 12.9. The van der Waals surface area contributed by atoms with Crippen LogP contribution in [0.5, 0.6) is 0 Å². The molecule has 2 bridgehead atoms. The average Bonchev–Trinajstić information content (AvgIpc) is 2.74. The molecule has 2 aliphatic carbocycles. The van der Waals surface area contributed by atoms with Gasteiger partial charge in [-0.15, -0.1) is 0 Å². The largest absolute Gasteiger partial charge is 0.460 e. The van der Waals surface area contributed by atoms with Crippen LogP contribution in [0.3, 0.4) is 0 Å². The molecule has 17 heavy (non-hydrogen) atoms.